The Labute approximate surface area is 211 Å². The molecule has 0 amide bonds. The monoisotopic (exact) mass is 496 g/mol. The van der Waals surface area contributed by atoms with Gasteiger partial charge < -0.3 is 24.2 Å². The van der Waals surface area contributed by atoms with Gasteiger partial charge in [-0.3, -0.25) is 0 Å². The van der Waals surface area contributed by atoms with Crippen LogP contribution in [0.2, 0.25) is 0 Å². The molecule has 8 heteroatoms. The third kappa shape index (κ3) is 6.19. The van der Waals surface area contributed by atoms with E-state index in [2.05, 4.69) is 23.7 Å². The number of thioether (sulfide) groups is 1. The van der Waals surface area contributed by atoms with Crippen molar-refractivity contribution in [1.82, 2.24) is 0 Å². The average molecular weight is 497 g/mol. The Morgan fingerprint density at radius 2 is 1.77 bits per heavy atom. The molecule has 1 heterocycles. The Morgan fingerprint density at radius 1 is 1.06 bits per heavy atom. The molecule has 2 aromatic carbocycles. The van der Waals surface area contributed by atoms with Crippen molar-refractivity contribution in [3.05, 3.63) is 64.3 Å². The van der Waals surface area contributed by atoms with E-state index in [4.69, 9.17) is 14.2 Å². The van der Waals surface area contributed by atoms with Crippen LogP contribution in [0.4, 0.5) is 11.4 Å². The minimum absolute atomic E-state index is 0.0516. The number of benzene rings is 2. The highest BCUT2D eigenvalue weighted by Crippen LogP contribution is 2.41. The summed E-state index contributed by atoms with van der Waals surface area (Å²) in [5, 5.41) is 11.4. The average Bonchev–Trinajstić information content (AvgIpc) is 3.16. The standard InChI is InChI=1S/C27H32N2O5S/c1-6-29(7-2)20-13-10-18(22(17-20)32-5)16-23-25(30)24(27(31)34-9-4)26(35-23)28-19-11-14-21(15-12-19)33-8-3/h10-17,30H,6-9H2,1-5H3. The number of aliphatic hydroxyl groups excluding tert-OH is 1. The third-order valence-electron chi connectivity index (χ3n) is 5.38. The highest BCUT2D eigenvalue weighted by Gasteiger charge is 2.33. The number of aliphatic hydroxyl groups is 1. The van der Waals surface area contributed by atoms with E-state index in [-0.39, 0.29) is 17.9 Å². The lowest BCUT2D eigenvalue weighted by Crippen LogP contribution is -2.21. The predicted octanol–water partition coefficient (Wildman–Crippen LogP) is 6.13. The molecule has 3 rings (SSSR count). The number of aliphatic imine (C=N–C) groups is 1. The Balaban J connectivity index is 2.01. The first-order valence-electron chi connectivity index (χ1n) is 11.7. The minimum atomic E-state index is -0.616. The first-order chi connectivity index (χ1) is 16.9. The largest absolute Gasteiger partial charge is 0.506 e. The summed E-state index contributed by atoms with van der Waals surface area (Å²) < 4.78 is 16.3. The van der Waals surface area contributed by atoms with Crippen LogP contribution in [-0.2, 0) is 9.53 Å². The molecule has 1 aliphatic rings. The molecule has 0 atom stereocenters. The van der Waals surface area contributed by atoms with Crippen LogP contribution < -0.4 is 14.4 Å². The Morgan fingerprint density at radius 3 is 2.37 bits per heavy atom. The Bertz CT molecular complexity index is 1130. The highest BCUT2D eigenvalue weighted by atomic mass is 32.2. The number of methoxy groups -OCH3 is 1. The zero-order chi connectivity index (χ0) is 25.4. The molecule has 0 saturated heterocycles. The fraction of sp³-hybridized carbons (Fsp3) is 0.333. The summed E-state index contributed by atoms with van der Waals surface area (Å²) in [6.45, 7) is 10.4. The topological polar surface area (TPSA) is 80.6 Å². The summed E-state index contributed by atoms with van der Waals surface area (Å²) in [5.41, 5.74) is 2.52. The van der Waals surface area contributed by atoms with E-state index in [1.807, 2.05) is 37.3 Å². The lowest BCUT2D eigenvalue weighted by atomic mass is 10.1. The number of ether oxygens (including phenoxy) is 3. The predicted molar refractivity (Wildman–Crippen MR) is 143 cm³/mol. The van der Waals surface area contributed by atoms with Gasteiger partial charge in [-0.2, -0.15) is 0 Å². The normalized spacial score (nSPS) is 15.6. The van der Waals surface area contributed by atoms with Crippen molar-refractivity contribution in [2.45, 2.75) is 27.7 Å². The second kappa shape index (κ2) is 12.4. The second-order valence-electron chi connectivity index (χ2n) is 7.50. The zero-order valence-electron chi connectivity index (χ0n) is 20.8. The maximum atomic E-state index is 12.7. The number of carbonyl (C=O) groups excluding carboxylic acids is 1. The lowest BCUT2D eigenvalue weighted by molar-refractivity contribution is -0.138. The van der Waals surface area contributed by atoms with E-state index >= 15 is 0 Å². The van der Waals surface area contributed by atoms with Crippen molar-refractivity contribution < 1.29 is 24.1 Å². The van der Waals surface area contributed by atoms with Crippen molar-refractivity contribution in [2.24, 2.45) is 4.99 Å². The zero-order valence-corrected chi connectivity index (χ0v) is 21.6. The van der Waals surface area contributed by atoms with E-state index < -0.39 is 5.97 Å². The van der Waals surface area contributed by atoms with E-state index in [0.29, 0.717) is 28.0 Å². The molecule has 0 aromatic heterocycles. The quantitative estimate of drug-likeness (QED) is 0.396. The van der Waals surface area contributed by atoms with E-state index in [9.17, 15) is 9.90 Å². The molecule has 0 spiro atoms. The number of nitrogens with zero attached hydrogens (tertiary/aromatic N) is 2. The molecule has 0 fully saturated rings. The lowest BCUT2D eigenvalue weighted by Gasteiger charge is -2.22. The fourth-order valence-electron chi connectivity index (χ4n) is 3.64. The van der Waals surface area contributed by atoms with Gasteiger partial charge >= 0.3 is 5.97 Å². The first kappa shape index (κ1) is 26.2. The number of esters is 1. The summed E-state index contributed by atoms with van der Waals surface area (Å²) in [5.74, 6) is 0.632. The van der Waals surface area contributed by atoms with Crippen molar-refractivity contribution in [3.63, 3.8) is 0 Å². The molecule has 0 saturated carbocycles. The number of hydrogen-bond acceptors (Lipinski definition) is 8. The number of hydrogen-bond donors (Lipinski definition) is 1. The van der Waals surface area contributed by atoms with Gasteiger partial charge in [0.1, 0.15) is 27.9 Å². The van der Waals surface area contributed by atoms with Crippen LogP contribution in [0.3, 0.4) is 0 Å². The highest BCUT2D eigenvalue weighted by molar-refractivity contribution is 8.18. The smallest absolute Gasteiger partial charge is 0.344 e. The van der Waals surface area contributed by atoms with E-state index in [0.717, 1.165) is 30.1 Å². The van der Waals surface area contributed by atoms with Gasteiger partial charge in [0.25, 0.3) is 0 Å². The molecule has 0 aliphatic carbocycles. The minimum Gasteiger partial charge on any atom is -0.506 e. The van der Waals surface area contributed by atoms with Gasteiger partial charge in [0, 0.05) is 30.4 Å². The van der Waals surface area contributed by atoms with E-state index in [1.54, 1.807) is 32.2 Å². The second-order valence-corrected chi connectivity index (χ2v) is 8.53. The first-order valence-corrected chi connectivity index (χ1v) is 12.5. The summed E-state index contributed by atoms with van der Waals surface area (Å²) in [6, 6.07) is 13.2. The van der Waals surface area contributed by atoms with Gasteiger partial charge in [-0.25, -0.2) is 9.79 Å². The van der Waals surface area contributed by atoms with Crippen LogP contribution in [0, 0.1) is 0 Å². The molecular formula is C27H32N2O5S. The van der Waals surface area contributed by atoms with Crippen LogP contribution in [0.5, 0.6) is 11.5 Å². The molecule has 2 aromatic rings. The van der Waals surface area contributed by atoms with Gasteiger partial charge in [0.2, 0.25) is 0 Å². The molecule has 1 aliphatic heterocycles. The molecule has 1 N–H and O–H groups in total. The van der Waals surface area contributed by atoms with Gasteiger partial charge in [-0.1, -0.05) is 11.8 Å². The maximum absolute atomic E-state index is 12.7. The summed E-state index contributed by atoms with van der Waals surface area (Å²) >= 11 is 1.21. The molecule has 0 radical (unpaired) electrons. The number of carbonyl (C=O) groups is 1. The van der Waals surface area contributed by atoms with Gasteiger partial charge in [-0.05, 0) is 70.2 Å². The Kier molecular flexibility index (Phi) is 9.25. The third-order valence-corrected chi connectivity index (χ3v) is 6.40. The van der Waals surface area contributed by atoms with Crippen molar-refractivity contribution in [1.29, 1.82) is 0 Å². The molecule has 0 bridgehead atoms. The van der Waals surface area contributed by atoms with Crippen LogP contribution in [0.1, 0.15) is 33.3 Å². The summed E-state index contributed by atoms with van der Waals surface area (Å²) in [7, 11) is 1.61. The SMILES string of the molecule is CCOC(=O)C1=C(O)C(=Cc2ccc(N(CC)CC)cc2OC)SC1=Nc1ccc(OCC)cc1. The Hall–Kier alpha value is -3.39. The van der Waals surface area contributed by atoms with Gasteiger partial charge in [0.05, 0.1) is 30.9 Å². The molecule has 186 valence electrons. The molecular weight excluding hydrogens is 464 g/mol. The van der Waals surface area contributed by atoms with Crippen LogP contribution >= 0.6 is 11.8 Å². The summed E-state index contributed by atoms with van der Waals surface area (Å²) in [4.78, 5) is 20.0. The van der Waals surface area contributed by atoms with E-state index in [1.165, 1.54) is 11.8 Å². The molecule has 0 unspecified atom stereocenters. The van der Waals surface area contributed by atoms with Crippen molar-refractivity contribution >= 4 is 40.2 Å². The maximum Gasteiger partial charge on any atom is 0.344 e. The van der Waals surface area contributed by atoms with Crippen molar-refractivity contribution in [3.8, 4) is 11.5 Å². The van der Waals surface area contributed by atoms with Gasteiger partial charge in [0.15, 0.2) is 0 Å². The summed E-state index contributed by atoms with van der Waals surface area (Å²) in [6.07, 6.45) is 1.80. The van der Waals surface area contributed by atoms with Crippen LogP contribution in [0.15, 0.2) is 63.7 Å². The van der Waals surface area contributed by atoms with Crippen molar-refractivity contribution in [2.75, 3.05) is 38.3 Å². The number of rotatable bonds is 10. The van der Waals surface area contributed by atoms with Crippen LogP contribution in [-0.4, -0.2) is 49.5 Å². The fourth-order valence-corrected chi connectivity index (χ4v) is 4.66. The van der Waals surface area contributed by atoms with Crippen LogP contribution in [0.25, 0.3) is 6.08 Å². The molecule has 7 nitrogen and oxygen atoms in total. The number of anilines is 1. The van der Waals surface area contributed by atoms with Gasteiger partial charge in [-0.15, -0.1) is 0 Å². The molecule has 35 heavy (non-hydrogen) atoms.